The van der Waals surface area contributed by atoms with E-state index < -0.39 is 11.0 Å². The van der Waals surface area contributed by atoms with Crippen LogP contribution in [0, 0.1) is 11.3 Å². The van der Waals surface area contributed by atoms with Gasteiger partial charge >= 0.3 is 5.97 Å². The standard InChI is InChI=1S/C11H21NO2/c1-10(2,11(3,4)12)9(13)14-7-8-5-6-8/h8H,5-7,12H2,1-4H3. The first-order chi connectivity index (χ1) is 6.25. The Hall–Kier alpha value is -0.570. The number of esters is 1. The van der Waals surface area contributed by atoms with E-state index in [2.05, 4.69) is 0 Å². The highest BCUT2D eigenvalue weighted by molar-refractivity contribution is 5.77. The van der Waals surface area contributed by atoms with Crippen molar-refractivity contribution in [3.63, 3.8) is 0 Å². The summed E-state index contributed by atoms with van der Waals surface area (Å²) in [5.41, 5.74) is 4.76. The van der Waals surface area contributed by atoms with E-state index in [1.807, 2.05) is 27.7 Å². The Morgan fingerprint density at radius 2 is 1.86 bits per heavy atom. The van der Waals surface area contributed by atoms with Crippen LogP contribution < -0.4 is 5.73 Å². The Balaban J connectivity index is 2.48. The second-order valence-corrected chi connectivity index (χ2v) is 5.39. The molecule has 0 saturated heterocycles. The molecular weight excluding hydrogens is 178 g/mol. The summed E-state index contributed by atoms with van der Waals surface area (Å²) >= 11 is 0. The molecule has 0 unspecified atom stereocenters. The summed E-state index contributed by atoms with van der Waals surface area (Å²) in [7, 11) is 0. The average molecular weight is 199 g/mol. The average Bonchev–Trinajstić information content (AvgIpc) is 2.80. The first-order valence-corrected chi connectivity index (χ1v) is 5.21. The van der Waals surface area contributed by atoms with Gasteiger partial charge in [-0.05, 0) is 46.5 Å². The van der Waals surface area contributed by atoms with Crippen LogP contribution in [0.15, 0.2) is 0 Å². The normalized spacial score (nSPS) is 18.1. The topological polar surface area (TPSA) is 52.3 Å². The predicted molar refractivity (Wildman–Crippen MR) is 55.7 cm³/mol. The minimum absolute atomic E-state index is 0.183. The second kappa shape index (κ2) is 3.54. The quantitative estimate of drug-likeness (QED) is 0.701. The summed E-state index contributed by atoms with van der Waals surface area (Å²) in [5.74, 6) is 0.424. The zero-order valence-electron chi connectivity index (χ0n) is 9.59. The fourth-order valence-corrected chi connectivity index (χ4v) is 0.922. The van der Waals surface area contributed by atoms with Crippen LogP contribution in [0.2, 0.25) is 0 Å². The third kappa shape index (κ3) is 2.47. The van der Waals surface area contributed by atoms with Gasteiger partial charge < -0.3 is 10.5 Å². The molecule has 82 valence electrons. The van der Waals surface area contributed by atoms with Crippen LogP contribution in [-0.2, 0) is 9.53 Å². The highest BCUT2D eigenvalue weighted by Crippen LogP contribution is 2.33. The van der Waals surface area contributed by atoms with Crippen molar-refractivity contribution in [3.8, 4) is 0 Å². The largest absolute Gasteiger partial charge is 0.465 e. The van der Waals surface area contributed by atoms with Gasteiger partial charge in [0.15, 0.2) is 0 Å². The monoisotopic (exact) mass is 199 g/mol. The van der Waals surface area contributed by atoms with Gasteiger partial charge in [0.2, 0.25) is 0 Å². The molecule has 0 spiro atoms. The Labute approximate surface area is 86.0 Å². The molecule has 1 saturated carbocycles. The van der Waals surface area contributed by atoms with Crippen LogP contribution in [0.5, 0.6) is 0 Å². The fraction of sp³-hybridized carbons (Fsp3) is 0.909. The smallest absolute Gasteiger partial charge is 0.313 e. The molecule has 1 aliphatic carbocycles. The van der Waals surface area contributed by atoms with Gasteiger partial charge in [-0.3, -0.25) is 4.79 Å². The number of carbonyl (C=O) groups is 1. The molecule has 0 aromatic carbocycles. The number of nitrogens with two attached hydrogens (primary N) is 1. The summed E-state index contributed by atoms with van der Waals surface area (Å²) < 4.78 is 5.24. The fourth-order valence-electron chi connectivity index (χ4n) is 0.922. The van der Waals surface area contributed by atoms with E-state index in [4.69, 9.17) is 10.5 Å². The molecule has 0 atom stereocenters. The third-order valence-corrected chi connectivity index (χ3v) is 3.27. The van der Waals surface area contributed by atoms with Gasteiger partial charge in [-0.25, -0.2) is 0 Å². The van der Waals surface area contributed by atoms with Gasteiger partial charge in [0.1, 0.15) is 0 Å². The minimum atomic E-state index is -0.623. The summed E-state index contributed by atoms with van der Waals surface area (Å²) in [6, 6.07) is 0. The molecule has 0 amide bonds. The van der Waals surface area contributed by atoms with E-state index in [1.54, 1.807) is 0 Å². The van der Waals surface area contributed by atoms with Gasteiger partial charge in [-0.1, -0.05) is 0 Å². The molecule has 1 fully saturated rings. The zero-order chi connectivity index (χ0) is 11.0. The van der Waals surface area contributed by atoms with Gasteiger partial charge in [-0.2, -0.15) is 0 Å². The van der Waals surface area contributed by atoms with Crippen LogP contribution >= 0.6 is 0 Å². The van der Waals surface area contributed by atoms with Crippen molar-refractivity contribution in [3.05, 3.63) is 0 Å². The Bertz CT molecular complexity index is 224. The lowest BCUT2D eigenvalue weighted by Crippen LogP contribution is -2.52. The highest BCUT2D eigenvalue weighted by atomic mass is 16.5. The number of hydrogen-bond acceptors (Lipinski definition) is 3. The molecule has 2 N–H and O–H groups in total. The van der Waals surface area contributed by atoms with Crippen molar-refractivity contribution in [2.75, 3.05) is 6.61 Å². The molecule has 3 heteroatoms. The number of rotatable bonds is 4. The first kappa shape index (κ1) is 11.5. The van der Waals surface area contributed by atoms with Gasteiger partial charge in [0.25, 0.3) is 0 Å². The molecule has 0 radical (unpaired) electrons. The van der Waals surface area contributed by atoms with E-state index in [9.17, 15) is 4.79 Å². The van der Waals surface area contributed by atoms with Crippen molar-refractivity contribution in [1.29, 1.82) is 0 Å². The van der Waals surface area contributed by atoms with Crippen molar-refractivity contribution < 1.29 is 9.53 Å². The van der Waals surface area contributed by atoms with Gasteiger partial charge in [-0.15, -0.1) is 0 Å². The third-order valence-electron chi connectivity index (χ3n) is 3.27. The minimum Gasteiger partial charge on any atom is -0.465 e. The number of carbonyl (C=O) groups excluding carboxylic acids is 1. The first-order valence-electron chi connectivity index (χ1n) is 5.21. The molecular formula is C11H21NO2. The lowest BCUT2D eigenvalue weighted by atomic mass is 9.75. The van der Waals surface area contributed by atoms with E-state index in [-0.39, 0.29) is 5.97 Å². The van der Waals surface area contributed by atoms with E-state index in [0.29, 0.717) is 12.5 Å². The molecule has 0 aromatic rings. The summed E-state index contributed by atoms with van der Waals surface area (Å²) in [4.78, 5) is 11.7. The molecule has 1 rings (SSSR count). The summed E-state index contributed by atoms with van der Waals surface area (Å²) in [6.45, 7) is 7.94. The van der Waals surface area contributed by atoms with Gasteiger partial charge in [0.05, 0.1) is 12.0 Å². The number of ether oxygens (including phenoxy) is 1. The van der Waals surface area contributed by atoms with E-state index >= 15 is 0 Å². The highest BCUT2D eigenvalue weighted by Gasteiger charge is 2.42. The van der Waals surface area contributed by atoms with Crippen LogP contribution in [0.4, 0.5) is 0 Å². The second-order valence-electron chi connectivity index (χ2n) is 5.39. The Morgan fingerprint density at radius 3 is 2.21 bits per heavy atom. The Kier molecular flexibility index (Phi) is 2.91. The van der Waals surface area contributed by atoms with Crippen LogP contribution in [0.25, 0.3) is 0 Å². The van der Waals surface area contributed by atoms with E-state index in [0.717, 1.165) is 0 Å². The van der Waals surface area contributed by atoms with Crippen LogP contribution in [0.3, 0.4) is 0 Å². The summed E-state index contributed by atoms with van der Waals surface area (Å²) in [5, 5.41) is 0. The van der Waals surface area contributed by atoms with Crippen molar-refractivity contribution in [2.45, 2.75) is 46.1 Å². The summed E-state index contributed by atoms with van der Waals surface area (Å²) in [6.07, 6.45) is 2.39. The van der Waals surface area contributed by atoms with Crippen molar-refractivity contribution in [2.24, 2.45) is 17.1 Å². The molecule has 0 heterocycles. The van der Waals surface area contributed by atoms with Crippen molar-refractivity contribution in [1.82, 2.24) is 0 Å². The molecule has 0 aliphatic heterocycles. The predicted octanol–water partition coefficient (Wildman–Crippen LogP) is 1.70. The molecule has 3 nitrogen and oxygen atoms in total. The lowest BCUT2D eigenvalue weighted by Gasteiger charge is -2.35. The van der Waals surface area contributed by atoms with E-state index in [1.165, 1.54) is 12.8 Å². The van der Waals surface area contributed by atoms with Gasteiger partial charge in [0, 0.05) is 5.54 Å². The molecule has 14 heavy (non-hydrogen) atoms. The molecule has 1 aliphatic rings. The number of hydrogen-bond donors (Lipinski definition) is 1. The zero-order valence-corrected chi connectivity index (χ0v) is 9.59. The SMILES string of the molecule is CC(C)(N)C(C)(C)C(=O)OCC1CC1. The molecule has 0 aromatic heterocycles. The van der Waals surface area contributed by atoms with Crippen LogP contribution in [-0.4, -0.2) is 18.1 Å². The molecule has 0 bridgehead atoms. The Morgan fingerprint density at radius 1 is 1.36 bits per heavy atom. The van der Waals surface area contributed by atoms with Crippen LogP contribution in [0.1, 0.15) is 40.5 Å². The maximum absolute atomic E-state index is 11.7. The maximum atomic E-state index is 11.7. The lowest BCUT2D eigenvalue weighted by molar-refractivity contribution is -0.157. The van der Waals surface area contributed by atoms with Crippen molar-refractivity contribution >= 4 is 5.97 Å². The maximum Gasteiger partial charge on any atom is 0.313 e.